The van der Waals surface area contributed by atoms with Gasteiger partial charge in [0, 0.05) is 34.8 Å². The van der Waals surface area contributed by atoms with Crippen molar-refractivity contribution in [3.63, 3.8) is 0 Å². The number of aromatic amines is 1. The summed E-state index contributed by atoms with van der Waals surface area (Å²) in [5, 5.41) is 0.815. The lowest BCUT2D eigenvalue weighted by molar-refractivity contribution is 0.493. The molecule has 0 radical (unpaired) electrons. The molecular formula is C11H10F2N2. The van der Waals surface area contributed by atoms with Gasteiger partial charge in [0.05, 0.1) is 0 Å². The first-order valence-electron chi connectivity index (χ1n) is 4.89. The minimum atomic E-state index is -0.806. The molecule has 1 aliphatic rings. The maximum Gasteiger partial charge on any atom is 0.162 e. The predicted octanol–water partition coefficient (Wildman–Crippen LogP) is 1.87. The average molecular weight is 208 g/mol. The normalized spacial score (nSPS) is 19.8. The zero-order chi connectivity index (χ0) is 10.6. The molecule has 0 saturated carbocycles. The van der Waals surface area contributed by atoms with Crippen LogP contribution < -0.4 is 5.73 Å². The molecule has 0 bridgehead atoms. The average Bonchev–Trinajstić information content (AvgIpc) is 2.57. The zero-order valence-electron chi connectivity index (χ0n) is 7.98. The number of halogens is 2. The molecular weight excluding hydrogens is 198 g/mol. The van der Waals surface area contributed by atoms with Crippen LogP contribution in [0.1, 0.15) is 11.1 Å². The number of nitrogens with two attached hydrogens (primary N) is 1. The summed E-state index contributed by atoms with van der Waals surface area (Å²) in [5.74, 6) is -1.56. The molecule has 1 aromatic carbocycles. The molecule has 3 rings (SSSR count). The van der Waals surface area contributed by atoms with Gasteiger partial charge in [-0.2, -0.15) is 0 Å². The van der Waals surface area contributed by atoms with E-state index in [0.717, 1.165) is 17.4 Å². The quantitative estimate of drug-likeness (QED) is 0.681. The highest BCUT2D eigenvalue weighted by atomic mass is 19.2. The highest BCUT2D eigenvalue weighted by molar-refractivity contribution is 5.88. The molecule has 1 unspecified atom stereocenters. The Morgan fingerprint density at radius 1 is 1.33 bits per heavy atom. The van der Waals surface area contributed by atoms with Gasteiger partial charge < -0.3 is 10.7 Å². The molecule has 1 aliphatic carbocycles. The lowest BCUT2D eigenvalue weighted by atomic mass is 9.89. The van der Waals surface area contributed by atoms with Crippen LogP contribution in [0.25, 0.3) is 10.9 Å². The summed E-state index contributed by atoms with van der Waals surface area (Å²) in [5.41, 5.74) is 7.86. The molecule has 2 nitrogen and oxygen atoms in total. The lowest BCUT2D eigenvalue weighted by Crippen LogP contribution is -2.29. The molecule has 0 fully saturated rings. The van der Waals surface area contributed by atoms with Gasteiger partial charge in [-0.15, -0.1) is 0 Å². The number of hydrogen-bond donors (Lipinski definition) is 2. The second kappa shape index (κ2) is 2.79. The molecule has 0 saturated heterocycles. The first-order valence-corrected chi connectivity index (χ1v) is 4.89. The Kier molecular flexibility index (Phi) is 1.65. The van der Waals surface area contributed by atoms with Crippen molar-refractivity contribution < 1.29 is 8.78 Å². The molecule has 3 N–H and O–H groups in total. The van der Waals surface area contributed by atoms with Crippen LogP contribution in [0.2, 0.25) is 0 Å². The van der Waals surface area contributed by atoms with Gasteiger partial charge in [0.2, 0.25) is 0 Å². The van der Waals surface area contributed by atoms with Gasteiger partial charge in [-0.05, 0) is 18.4 Å². The van der Waals surface area contributed by atoms with Crippen molar-refractivity contribution in [2.45, 2.75) is 18.9 Å². The van der Waals surface area contributed by atoms with E-state index in [1.807, 2.05) is 0 Å². The number of nitrogens with one attached hydrogen (secondary N) is 1. The lowest BCUT2D eigenvalue weighted by Gasteiger charge is -2.19. The van der Waals surface area contributed by atoms with Gasteiger partial charge in [0.1, 0.15) is 0 Å². The van der Waals surface area contributed by atoms with Crippen LogP contribution in [0.3, 0.4) is 0 Å². The van der Waals surface area contributed by atoms with E-state index in [1.165, 1.54) is 6.07 Å². The van der Waals surface area contributed by atoms with E-state index in [2.05, 4.69) is 4.98 Å². The third-order valence-electron chi connectivity index (χ3n) is 2.99. The van der Waals surface area contributed by atoms with Crippen LogP contribution in [-0.4, -0.2) is 11.0 Å². The van der Waals surface area contributed by atoms with E-state index in [-0.39, 0.29) is 6.04 Å². The Morgan fingerprint density at radius 2 is 2.13 bits per heavy atom. The van der Waals surface area contributed by atoms with Gasteiger partial charge in [-0.1, -0.05) is 0 Å². The van der Waals surface area contributed by atoms with Crippen LogP contribution in [0.5, 0.6) is 0 Å². The fourth-order valence-corrected chi connectivity index (χ4v) is 2.37. The largest absolute Gasteiger partial charge is 0.361 e. The van der Waals surface area contributed by atoms with E-state index in [1.54, 1.807) is 6.20 Å². The maximum absolute atomic E-state index is 13.6. The standard InChI is InChI=1S/C11H10F2N2/c12-8-3-9-10-5(4-15-9)1-6(14)2-7(10)11(8)13/h3-4,6,15H,1-2,14H2. The maximum atomic E-state index is 13.6. The Morgan fingerprint density at radius 3 is 2.93 bits per heavy atom. The minimum Gasteiger partial charge on any atom is -0.361 e. The summed E-state index contributed by atoms with van der Waals surface area (Å²) in [6, 6.07) is 1.09. The van der Waals surface area contributed by atoms with Crippen molar-refractivity contribution in [1.82, 2.24) is 4.98 Å². The summed E-state index contributed by atoms with van der Waals surface area (Å²) < 4.78 is 26.8. The number of aromatic nitrogens is 1. The molecule has 0 aliphatic heterocycles. The highest BCUT2D eigenvalue weighted by Gasteiger charge is 2.24. The monoisotopic (exact) mass is 208 g/mol. The number of hydrogen-bond acceptors (Lipinski definition) is 1. The van der Waals surface area contributed by atoms with Gasteiger partial charge in [0.25, 0.3) is 0 Å². The Hall–Kier alpha value is -1.42. The fourth-order valence-electron chi connectivity index (χ4n) is 2.37. The summed E-state index contributed by atoms with van der Waals surface area (Å²) in [6.45, 7) is 0. The van der Waals surface area contributed by atoms with Crippen molar-refractivity contribution in [3.8, 4) is 0 Å². The second-order valence-corrected chi connectivity index (χ2v) is 4.06. The molecule has 15 heavy (non-hydrogen) atoms. The SMILES string of the molecule is NC1Cc2c[nH]c3cc(F)c(F)c(c23)C1. The van der Waals surface area contributed by atoms with Crippen LogP contribution in [-0.2, 0) is 12.8 Å². The fraction of sp³-hybridized carbons (Fsp3) is 0.273. The van der Waals surface area contributed by atoms with Crippen molar-refractivity contribution in [1.29, 1.82) is 0 Å². The third kappa shape index (κ3) is 1.11. The summed E-state index contributed by atoms with van der Waals surface area (Å²) >= 11 is 0. The highest BCUT2D eigenvalue weighted by Crippen LogP contribution is 2.32. The molecule has 1 aromatic heterocycles. The van der Waals surface area contributed by atoms with E-state index in [4.69, 9.17) is 5.73 Å². The van der Waals surface area contributed by atoms with Crippen LogP contribution in [0.15, 0.2) is 12.3 Å². The molecule has 1 atom stereocenters. The number of H-pyrrole nitrogens is 1. The summed E-state index contributed by atoms with van der Waals surface area (Å²) in [4.78, 5) is 2.95. The molecule has 0 spiro atoms. The Labute approximate surface area is 85.1 Å². The molecule has 1 heterocycles. The third-order valence-corrected chi connectivity index (χ3v) is 2.99. The topological polar surface area (TPSA) is 41.8 Å². The summed E-state index contributed by atoms with van der Waals surface area (Å²) in [6.07, 6.45) is 2.91. The van der Waals surface area contributed by atoms with Gasteiger partial charge in [0.15, 0.2) is 11.6 Å². The first kappa shape index (κ1) is 8.85. The van der Waals surface area contributed by atoms with Crippen molar-refractivity contribution in [3.05, 3.63) is 35.0 Å². The van der Waals surface area contributed by atoms with Crippen molar-refractivity contribution in [2.75, 3.05) is 0 Å². The van der Waals surface area contributed by atoms with E-state index in [9.17, 15) is 8.78 Å². The smallest absolute Gasteiger partial charge is 0.162 e. The Bertz CT molecular complexity index is 545. The minimum absolute atomic E-state index is 0.118. The predicted molar refractivity (Wildman–Crippen MR) is 53.6 cm³/mol. The molecule has 2 aromatic rings. The van der Waals surface area contributed by atoms with Crippen molar-refractivity contribution >= 4 is 10.9 Å². The van der Waals surface area contributed by atoms with Crippen LogP contribution in [0, 0.1) is 11.6 Å². The number of rotatable bonds is 0. The first-order chi connectivity index (χ1) is 7.16. The van der Waals surface area contributed by atoms with Gasteiger partial charge in [-0.3, -0.25) is 0 Å². The van der Waals surface area contributed by atoms with Crippen molar-refractivity contribution in [2.24, 2.45) is 5.73 Å². The van der Waals surface area contributed by atoms with Crippen LogP contribution >= 0.6 is 0 Å². The van der Waals surface area contributed by atoms with E-state index >= 15 is 0 Å². The Balaban J connectivity index is 2.43. The summed E-state index contributed by atoms with van der Waals surface area (Å²) in [7, 11) is 0. The second-order valence-electron chi connectivity index (χ2n) is 4.06. The molecule has 78 valence electrons. The van der Waals surface area contributed by atoms with Gasteiger partial charge >= 0.3 is 0 Å². The van der Waals surface area contributed by atoms with E-state index < -0.39 is 11.6 Å². The zero-order valence-corrected chi connectivity index (χ0v) is 7.98. The van der Waals surface area contributed by atoms with Gasteiger partial charge in [-0.25, -0.2) is 8.78 Å². The van der Waals surface area contributed by atoms with Crippen LogP contribution in [0.4, 0.5) is 8.78 Å². The number of benzene rings is 1. The molecule has 0 amide bonds. The van der Waals surface area contributed by atoms with E-state index in [0.29, 0.717) is 17.5 Å². The molecule has 4 heteroatoms.